The van der Waals surface area contributed by atoms with E-state index in [4.69, 9.17) is 4.89 Å². The fraction of sp³-hybridized carbons (Fsp3) is 1.00. The molecule has 0 radical (unpaired) electrons. The molecule has 1 rings (SSSR count). The molecule has 0 aromatic rings. The van der Waals surface area contributed by atoms with Crippen LogP contribution in [0.3, 0.4) is 0 Å². The van der Waals surface area contributed by atoms with Crippen molar-refractivity contribution in [1.82, 2.24) is 0 Å². The molecule has 0 amide bonds. The van der Waals surface area contributed by atoms with Crippen molar-refractivity contribution in [1.29, 1.82) is 0 Å². The van der Waals surface area contributed by atoms with Crippen molar-refractivity contribution >= 4 is 20.2 Å². The average Bonchev–Trinajstić information content (AvgIpc) is 1.84. The maximum atomic E-state index is 10.1. The van der Waals surface area contributed by atoms with Crippen molar-refractivity contribution in [3.05, 3.63) is 0 Å². The summed E-state index contributed by atoms with van der Waals surface area (Å²) in [5, 5.41) is 0. The highest BCUT2D eigenvalue weighted by molar-refractivity contribution is 7.47. The maximum absolute atomic E-state index is 10.1. The summed E-state index contributed by atoms with van der Waals surface area (Å²) in [6.07, 6.45) is 0. The van der Waals surface area contributed by atoms with Crippen LogP contribution in [0.25, 0.3) is 0 Å². The Balaban J connectivity index is 0.000000490. The van der Waals surface area contributed by atoms with Gasteiger partial charge in [0.2, 0.25) is 0 Å². The second-order valence-corrected chi connectivity index (χ2v) is 2.59. The Bertz CT molecular complexity index is 105. The minimum absolute atomic E-state index is 0. The van der Waals surface area contributed by atoms with Crippen LogP contribution >= 0.6 is 20.2 Å². The molecule has 0 aromatic carbocycles. The normalized spacial score (nSPS) is 24.6. The zero-order chi connectivity index (χ0) is 5.33. The van der Waals surface area contributed by atoms with E-state index in [2.05, 4.69) is 9.05 Å². The minimum atomic E-state index is -3.54. The van der Waals surface area contributed by atoms with Gasteiger partial charge < -0.3 is 4.89 Å². The number of hydrogen-bond acceptors (Lipinski definition) is 3. The highest BCUT2D eigenvalue weighted by Gasteiger charge is 2.26. The topological polar surface area (TPSA) is 55.8 Å². The molecular weight excluding hydrogens is 154 g/mol. The van der Waals surface area contributed by atoms with Crippen LogP contribution < -0.4 is 0 Å². The smallest absolute Gasteiger partial charge is 0.302 e. The molecule has 1 aliphatic rings. The van der Waals surface area contributed by atoms with Crippen molar-refractivity contribution in [3.63, 3.8) is 0 Å². The highest BCUT2D eigenvalue weighted by atomic mass is 35.5. The molecule has 6 heteroatoms. The highest BCUT2D eigenvalue weighted by Crippen LogP contribution is 2.46. The van der Waals surface area contributed by atoms with Crippen LogP contribution in [0.5, 0.6) is 0 Å². The predicted octanol–water partition coefficient (Wildman–Crippen LogP) is 0.555. The van der Waals surface area contributed by atoms with Crippen LogP contribution in [0.4, 0.5) is 0 Å². The van der Waals surface area contributed by atoms with Crippen LogP contribution in [0.15, 0.2) is 0 Å². The van der Waals surface area contributed by atoms with Crippen LogP contribution in [0.1, 0.15) is 0 Å². The Morgan fingerprint density at radius 1 is 1.38 bits per heavy atom. The summed E-state index contributed by atoms with van der Waals surface area (Å²) < 4.78 is 18.6. The van der Waals surface area contributed by atoms with Crippen molar-refractivity contribution in [3.8, 4) is 0 Å². The Hall–Kier alpha value is 0.400. The standard InChI is InChI=1S/C2H5O4P.ClH/c3-7(4)5-1-2-6-7;/h1-2H2,(H,3,4);1H. The Kier molecular flexibility index (Phi) is 2.94. The van der Waals surface area contributed by atoms with Crippen LogP contribution in [-0.4, -0.2) is 18.1 Å². The third-order valence-corrected chi connectivity index (χ3v) is 1.61. The van der Waals surface area contributed by atoms with Crippen molar-refractivity contribution in [2.24, 2.45) is 0 Å². The summed E-state index contributed by atoms with van der Waals surface area (Å²) in [5.41, 5.74) is 0. The number of rotatable bonds is 0. The minimum Gasteiger partial charge on any atom is -0.302 e. The molecule has 0 aliphatic carbocycles. The quantitative estimate of drug-likeness (QED) is 0.526. The number of phosphoric ester groups is 1. The SMILES string of the molecule is Cl.O=P1(O)OCCO1. The largest absolute Gasteiger partial charge is 0.472 e. The first kappa shape index (κ1) is 8.40. The first-order valence-electron chi connectivity index (χ1n) is 1.83. The lowest BCUT2D eigenvalue weighted by molar-refractivity contribution is 0.262. The monoisotopic (exact) mass is 160 g/mol. The lowest BCUT2D eigenvalue weighted by Crippen LogP contribution is -1.79. The molecule has 1 N–H and O–H groups in total. The molecule has 1 heterocycles. The molecule has 8 heavy (non-hydrogen) atoms. The van der Waals surface area contributed by atoms with Crippen molar-refractivity contribution in [2.75, 3.05) is 13.2 Å². The van der Waals surface area contributed by atoms with Crippen LogP contribution in [-0.2, 0) is 13.6 Å². The van der Waals surface area contributed by atoms with Gasteiger partial charge in [0, 0.05) is 0 Å². The second-order valence-electron chi connectivity index (χ2n) is 1.14. The van der Waals surface area contributed by atoms with Gasteiger partial charge in [-0.05, 0) is 0 Å². The maximum Gasteiger partial charge on any atom is 0.472 e. The number of halogens is 1. The van der Waals surface area contributed by atoms with Crippen molar-refractivity contribution < 1.29 is 18.5 Å². The van der Waals surface area contributed by atoms with Gasteiger partial charge in [-0.1, -0.05) is 0 Å². The van der Waals surface area contributed by atoms with Gasteiger partial charge >= 0.3 is 7.82 Å². The second kappa shape index (κ2) is 2.80. The Morgan fingerprint density at radius 3 is 1.88 bits per heavy atom. The predicted molar refractivity (Wildman–Crippen MR) is 29.0 cm³/mol. The van der Waals surface area contributed by atoms with Crippen LogP contribution in [0.2, 0.25) is 0 Å². The molecule has 0 bridgehead atoms. The lowest BCUT2D eigenvalue weighted by atomic mass is 10.8. The van der Waals surface area contributed by atoms with E-state index < -0.39 is 7.82 Å². The summed E-state index contributed by atoms with van der Waals surface area (Å²) in [7, 11) is -3.54. The van der Waals surface area contributed by atoms with E-state index in [9.17, 15) is 4.57 Å². The first-order chi connectivity index (χ1) is 3.21. The summed E-state index contributed by atoms with van der Waals surface area (Å²) >= 11 is 0. The summed E-state index contributed by atoms with van der Waals surface area (Å²) in [6.45, 7) is 0.460. The van der Waals surface area contributed by atoms with E-state index in [-0.39, 0.29) is 25.6 Å². The molecule has 1 saturated heterocycles. The molecule has 0 aromatic heterocycles. The molecule has 1 fully saturated rings. The van der Waals surface area contributed by atoms with E-state index >= 15 is 0 Å². The molecule has 0 saturated carbocycles. The first-order valence-corrected chi connectivity index (χ1v) is 3.32. The van der Waals surface area contributed by atoms with E-state index in [1.165, 1.54) is 0 Å². The third kappa shape index (κ3) is 2.11. The van der Waals surface area contributed by atoms with Gasteiger partial charge in [0.1, 0.15) is 0 Å². The summed E-state index contributed by atoms with van der Waals surface area (Å²) in [4.78, 5) is 8.31. The van der Waals surface area contributed by atoms with E-state index in [0.717, 1.165) is 0 Å². The van der Waals surface area contributed by atoms with Gasteiger partial charge in [0.25, 0.3) is 0 Å². The van der Waals surface area contributed by atoms with Gasteiger partial charge in [-0.15, -0.1) is 12.4 Å². The molecular formula is C2H6ClO4P. The van der Waals surface area contributed by atoms with Gasteiger partial charge in [-0.3, -0.25) is 9.05 Å². The number of phosphoric acid groups is 1. The van der Waals surface area contributed by atoms with Gasteiger partial charge in [0.05, 0.1) is 13.2 Å². The van der Waals surface area contributed by atoms with Crippen LogP contribution in [0, 0.1) is 0 Å². The molecule has 4 nitrogen and oxygen atoms in total. The van der Waals surface area contributed by atoms with Gasteiger partial charge in [0.15, 0.2) is 0 Å². The summed E-state index contributed by atoms with van der Waals surface area (Å²) in [5.74, 6) is 0. The molecule has 1 aliphatic heterocycles. The molecule has 0 unspecified atom stereocenters. The fourth-order valence-electron chi connectivity index (χ4n) is 0.343. The summed E-state index contributed by atoms with van der Waals surface area (Å²) in [6, 6.07) is 0. The number of hydrogen-bond donors (Lipinski definition) is 1. The van der Waals surface area contributed by atoms with E-state index in [0.29, 0.717) is 0 Å². The zero-order valence-electron chi connectivity index (χ0n) is 3.94. The van der Waals surface area contributed by atoms with Gasteiger partial charge in [-0.25, -0.2) is 4.57 Å². The Morgan fingerprint density at radius 2 is 1.75 bits per heavy atom. The van der Waals surface area contributed by atoms with E-state index in [1.807, 2.05) is 0 Å². The Labute approximate surface area is 52.8 Å². The third-order valence-electron chi connectivity index (χ3n) is 0.592. The molecule has 50 valence electrons. The fourth-order valence-corrected chi connectivity index (χ4v) is 1.03. The van der Waals surface area contributed by atoms with Crippen molar-refractivity contribution in [2.45, 2.75) is 0 Å². The van der Waals surface area contributed by atoms with Gasteiger partial charge in [-0.2, -0.15) is 0 Å². The molecule has 0 spiro atoms. The zero-order valence-corrected chi connectivity index (χ0v) is 5.65. The lowest BCUT2D eigenvalue weighted by Gasteiger charge is -1.94. The van der Waals surface area contributed by atoms with E-state index in [1.54, 1.807) is 0 Å². The average molecular weight is 160 g/mol. The molecule has 0 atom stereocenters.